The normalized spacial score (nSPS) is 15.8. The first-order valence-corrected chi connectivity index (χ1v) is 12.1. The second-order valence-electron chi connectivity index (χ2n) is 9.15. The average Bonchev–Trinajstić information content (AvgIpc) is 3.54. The minimum Gasteiger partial charge on any atom is -0.496 e. The zero-order valence-corrected chi connectivity index (χ0v) is 20.8. The Labute approximate surface area is 209 Å². The third-order valence-corrected chi connectivity index (χ3v) is 6.49. The van der Waals surface area contributed by atoms with Crippen molar-refractivity contribution in [3.8, 4) is 23.0 Å². The largest absolute Gasteiger partial charge is 0.496 e. The molecule has 4 aromatic rings. The summed E-state index contributed by atoms with van der Waals surface area (Å²) in [6.45, 7) is 4.57. The highest BCUT2D eigenvalue weighted by Crippen LogP contribution is 2.37. The van der Waals surface area contributed by atoms with E-state index in [9.17, 15) is 0 Å². The fourth-order valence-electron chi connectivity index (χ4n) is 4.52. The van der Waals surface area contributed by atoms with Gasteiger partial charge in [-0.3, -0.25) is 5.41 Å². The lowest BCUT2D eigenvalue weighted by molar-refractivity contribution is 0.230. The second-order valence-corrected chi connectivity index (χ2v) is 9.15. The Kier molecular flexibility index (Phi) is 6.79. The predicted octanol–water partition coefficient (Wildman–Crippen LogP) is 5.00. The molecule has 5 rings (SSSR count). The van der Waals surface area contributed by atoms with Crippen molar-refractivity contribution in [3.63, 3.8) is 0 Å². The molecule has 1 aliphatic heterocycles. The fraction of sp³-hybridized carbons (Fsp3) is 0.370. The molecule has 1 unspecified atom stereocenters. The van der Waals surface area contributed by atoms with Crippen LogP contribution in [0.25, 0.3) is 22.4 Å². The Bertz CT molecular complexity index is 1340. The molecule has 4 heterocycles. The molecule has 0 saturated carbocycles. The van der Waals surface area contributed by atoms with Crippen molar-refractivity contribution in [1.29, 1.82) is 5.41 Å². The summed E-state index contributed by atoms with van der Waals surface area (Å²) in [6.07, 6.45) is 6.12. The second kappa shape index (κ2) is 10.3. The molecule has 1 atom stereocenters. The summed E-state index contributed by atoms with van der Waals surface area (Å²) in [6, 6.07) is 9.91. The van der Waals surface area contributed by atoms with E-state index in [1.54, 1.807) is 13.3 Å². The first-order chi connectivity index (χ1) is 17.5. The Balaban J connectivity index is 1.33. The van der Waals surface area contributed by atoms with Gasteiger partial charge < -0.3 is 28.5 Å². The summed E-state index contributed by atoms with van der Waals surface area (Å²) < 4.78 is 22.9. The van der Waals surface area contributed by atoms with Gasteiger partial charge in [-0.15, -0.1) is 0 Å². The first kappa shape index (κ1) is 23.7. The van der Waals surface area contributed by atoms with Crippen molar-refractivity contribution in [2.24, 2.45) is 5.92 Å². The quantitative estimate of drug-likeness (QED) is 0.265. The smallest absolute Gasteiger partial charge is 0.187 e. The lowest BCUT2D eigenvalue weighted by Crippen LogP contribution is -2.38. The number of hydrogen-bond donors (Lipinski definition) is 2. The van der Waals surface area contributed by atoms with E-state index in [0.29, 0.717) is 35.4 Å². The van der Waals surface area contributed by atoms with Gasteiger partial charge in [0.2, 0.25) is 0 Å². The van der Waals surface area contributed by atoms with E-state index >= 15 is 0 Å². The molecule has 0 radical (unpaired) electrons. The first-order valence-electron chi connectivity index (χ1n) is 12.1. The minimum absolute atomic E-state index is 0.139. The average molecular weight is 490 g/mol. The molecule has 0 amide bonds. The monoisotopic (exact) mass is 489 g/mol. The van der Waals surface area contributed by atoms with Gasteiger partial charge in [0.25, 0.3) is 0 Å². The van der Waals surface area contributed by atoms with Crippen LogP contribution < -0.4 is 14.4 Å². The van der Waals surface area contributed by atoms with Crippen LogP contribution in [0.3, 0.4) is 0 Å². The highest BCUT2D eigenvalue weighted by molar-refractivity contribution is 5.89. The molecule has 3 aromatic heterocycles. The number of imidazole rings is 1. The number of aryl methyl sites for hydroxylation is 1. The Morgan fingerprint density at radius 1 is 1.19 bits per heavy atom. The number of hydrogen-bond acceptors (Lipinski definition) is 8. The third kappa shape index (κ3) is 5.15. The van der Waals surface area contributed by atoms with E-state index in [2.05, 4.69) is 38.9 Å². The number of anilines is 1. The molecule has 2 N–H and O–H groups in total. The molecule has 9 nitrogen and oxygen atoms in total. The number of rotatable bonds is 8. The summed E-state index contributed by atoms with van der Waals surface area (Å²) in [5.74, 6) is 4.22. The number of aromatic nitrogens is 3. The summed E-state index contributed by atoms with van der Waals surface area (Å²) in [5, 5.41) is 8.58. The predicted molar refractivity (Wildman–Crippen MR) is 138 cm³/mol. The van der Waals surface area contributed by atoms with E-state index in [4.69, 9.17) is 24.0 Å². The molecule has 0 bridgehead atoms. The minimum atomic E-state index is 0.139. The summed E-state index contributed by atoms with van der Waals surface area (Å²) in [4.78, 5) is 14.5. The number of methoxy groups -OCH3 is 2. The van der Waals surface area contributed by atoms with Crippen molar-refractivity contribution >= 4 is 22.7 Å². The zero-order valence-electron chi connectivity index (χ0n) is 20.8. The molecule has 1 aliphatic rings. The van der Waals surface area contributed by atoms with Crippen molar-refractivity contribution in [2.75, 3.05) is 38.8 Å². The Morgan fingerprint density at radius 2 is 2.08 bits per heavy atom. The molecule has 188 valence electrons. The number of piperidine rings is 1. The van der Waals surface area contributed by atoms with Gasteiger partial charge in [-0.25, -0.2) is 9.97 Å². The van der Waals surface area contributed by atoms with E-state index in [1.807, 2.05) is 24.4 Å². The van der Waals surface area contributed by atoms with Gasteiger partial charge in [0.05, 0.1) is 38.8 Å². The number of pyridine rings is 1. The number of fused-ring (bicyclic) bond motifs is 1. The molecule has 0 aliphatic carbocycles. The van der Waals surface area contributed by atoms with E-state index < -0.39 is 0 Å². The van der Waals surface area contributed by atoms with Gasteiger partial charge in [-0.2, -0.15) is 0 Å². The number of benzene rings is 1. The number of nitrogens with one attached hydrogen (secondary N) is 2. The van der Waals surface area contributed by atoms with Crippen LogP contribution in [0.5, 0.6) is 11.5 Å². The van der Waals surface area contributed by atoms with Crippen LogP contribution in [0.2, 0.25) is 0 Å². The van der Waals surface area contributed by atoms with Crippen LogP contribution in [-0.2, 0) is 11.2 Å². The molecular weight excluding hydrogens is 458 g/mol. The molecule has 1 aromatic carbocycles. The highest BCUT2D eigenvalue weighted by Gasteiger charge is 2.23. The van der Waals surface area contributed by atoms with E-state index in [1.165, 1.54) is 7.11 Å². The molecule has 1 saturated heterocycles. The number of aromatic amines is 1. The topological polar surface area (TPSA) is 109 Å². The number of H-pyrrole nitrogens is 1. The Morgan fingerprint density at radius 3 is 2.86 bits per heavy atom. The van der Waals surface area contributed by atoms with Crippen LogP contribution in [0.1, 0.15) is 24.2 Å². The molecule has 9 heteroatoms. The third-order valence-electron chi connectivity index (χ3n) is 6.49. The van der Waals surface area contributed by atoms with Crippen molar-refractivity contribution in [1.82, 2.24) is 15.0 Å². The van der Waals surface area contributed by atoms with Crippen LogP contribution >= 0.6 is 0 Å². The zero-order chi connectivity index (χ0) is 25.1. The summed E-state index contributed by atoms with van der Waals surface area (Å²) in [7, 11) is 3.11. The SMILES string of the molecule is COC(=N)Cc1ncc(-c2cc3c(OCC4CCCN(c5ccc(C)cn5)C4)cc(OC)cc3o2)[nH]1. The number of furan rings is 1. The van der Waals surface area contributed by atoms with Crippen LogP contribution in [0.15, 0.2) is 47.1 Å². The summed E-state index contributed by atoms with van der Waals surface area (Å²) >= 11 is 0. The van der Waals surface area contributed by atoms with E-state index in [-0.39, 0.29) is 12.3 Å². The molecular formula is C27H31N5O4. The van der Waals surface area contributed by atoms with Gasteiger partial charge in [0.15, 0.2) is 11.7 Å². The Hall–Kier alpha value is -4.01. The maximum absolute atomic E-state index is 7.71. The maximum Gasteiger partial charge on any atom is 0.187 e. The van der Waals surface area contributed by atoms with Crippen molar-refractivity contribution in [3.05, 3.63) is 54.1 Å². The van der Waals surface area contributed by atoms with Crippen LogP contribution in [-0.4, -0.2) is 54.8 Å². The maximum atomic E-state index is 7.71. The standard InChI is InChI=1S/C27H31N5O4/c1-17-6-7-27(30-13-17)32-8-4-5-18(15-32)16-35-22-9-19(33-2)10-23-20(22)11-24(36-23)21-14-29-26(31-21)12-25(28)34-3/h6-7,9-11,13-14,18,28H,4-5,8,12,15-16H2,1-3H3,(H,29,31). The van der Waals surface area contributed by atoms with Crippen LogP contribution in [0.4, 0.5) is 5.82 Å². The van der Waals surface area contributed by atoms with E-state index in [0.717, 1.165) is 54.1 Å². The molecule has 36 heavy (non-hydrogen) atoms. The number of nitrogens with zero attached hydrogens (tertiary/aromatic N) is 3. The van der Waals surface area contributed by atoms with Crippen molar-refractivity contribution in [2.45, 2.75) is 26.2 Å². The highest BCUT2D eigenvalue weighted by atomic mass is 16.5. The lowest BCUT2D eigenvalue weighted by atomic mass is 9.99. The molecule has 0 spiro atoms. The van der Waals surface area contributed by atoms with Gasteiger partial charge in [-0.05, 0) is 37.5 Å². The van der Waals surface area contributed by atoms with Gasteiger partial charge in [-0.1, -0.05) is 6.07 Å². The fourth-order valence-corrected chi connectivity index (χ4v) is 4.52. The molecule has 1 fully saturated rings. The van der Waals surface area contributed by atoms with Gasteiger partial charge in [0.1, 0.15) is 34.4 Å². The van der Waals surface area contributed by atoms with Gasteiger partial charge >= 0.3 is 0 Å². The van der Waals surface area contributed by atoms with Crippen LogP contribution in [0, 0.1) is 18.3 Å². The lowest BCUT2D eigenvalue weighted by Gasteiger charge is -2.33. The number of ether oxygens (including phenoxy) is 3. The summed E-state index contributed by atoms with van der Waals surface area (Å²) in [5.41, 5.74) is 2.57. The van der Waals surface area contributed by atoms with Gasteiger partial charge in [0, 0.05) is 37.3 Å². The van der Waals surface area contributed by atoms with Crippen molar-refractivity contribution < 1.29 is 18.6 Å².